The van der Waals surface area contributed by atoms with Crippen LogP contribution < -0.4 is 0 Å². The SMILES string of the molecule is CCCCCc1ccc(-c2ccc(CC[C@H]3CC[C@H](CCC)CC3)cc2F)nn1. The molecular weight excluding hydrogens is 359 g/mol. The van der Waals surface area contributed by atoms with Crippen LogP contribution in [-0.2, 0) is 12.8 Å². The van der Waals surface area contributed by atoms with Gasteiger partial charge in [0.2, 0.25) is 0 Å². The van der Waals surface area contributed by atoms with Crippen LogP contribution in [0.1, 0.15) is 89.3 Å². The van der Waals surface area contributed by atoms with E-state index in [-0.39, 0.29) is 5.82 Å². The first-order valence-corrected chi connectivity index (χ1v) is 11.8. The van der Waals surface area contributed by atoms with E-state index in [1.807, 2.05) is 18.2 Å². The van der Waals surface area contributed by atoms with Crippen LogP contribution in [0.2, 0.25) is 0 Å². The monoisotopic (exact) mass is 396 g/mol. The first kappa shape index (κ1) is 21.9. The Kier molecular flexibility index (Phi) is 8.64. The van der Waals surface area contributed by atoms with Gasteiger partial charge in [0.25, 0.3) is 0 Å². The number of aryl methyl sites for hydroxylation is 2. The van der Waals surface area contributed by atoms with E-state index in [1.54, 1.807) is 6.07 Å². The average molecular weight is 397 g/mol. The number of hydrogen-bond donors (Lipinski definition) is 0. The molecule has 0 radical (unpaired) electrons. The summed E-state index contributed by atoms with van der Waals surface area (Å²) >= 11 is 0. The summed E-state index contributed by atoms with van der Waals surface area (Å²) < 4.78 is 14.7. The van der Waals surface area contributed by atoms with E-state index in [0.717, 1.165) is 42.4 Å². The van der Waals surface area contributed by atoms with Gasteiger partial charge in [-0.2, -0.15) is 10.2 Å². The number of nitrogens with zero attached hydrogens (tertiary/aromatic N) is 2. The summed E-state index contributed by atoms with van der Waals surface area (Å²) in [6.07, 6.45) is 14.8. The highest BCUT2D eigenvalue weighted by atomic mass is 19.1. The predicted molar refractivity (Wildman–Crippen MR) is 119 cm³/mol. The van der Waals surface area contributed by atoms with E-state index in [4.69, 9.17) is 0 Å². The number of hydrogen-bond acceptors (Lipinski definition) is 2. The minimum Gasteiger partial charge on any atom is -0.206 e. The van der Waals surface area contributed by atoms with Gasteiger partial charge in [0.1, 0.15) is 5.82 Å². The van der Waals surface area contributed by atoms with Crippen molar-refractivity contribution in [3.05, 3.63) is 47.4 Å². The number of benzene rings is 1. The lowest BCUT2D eigenvalue weighted by Gasteiger charge is -2.28. The molecule has 0 saturated heterocycles. The summed E-state index contributed by atoms with van der Waals surface area (Å²) in [4.78, 5) is 0. The van der Waals surface area contributed by atoms with E-state index in [1.165, 1.54) is 57.8 Å². The second kappa shape index (κ2) is 11.4. The van der Waals surface area contributed by atoms with Crippen LogP contribution in [0.25, 0.3) is 11.3 Å². The van der Waals surface area contributed by atoms with Crippen LogP contribution in [0, 0.1) is 17.7 Å². The van der Waals surface area contributed by atoms with Gasteiger partial charge >= 0.3 is 0 Å². The maximum atomic E-state index is 14.7. The number of aromatic nitrogens is 2. The summed E-state index contributed by atoms with van der Waals surface area (Å²) in [6, 6.07) is 9.54. The number of unbranched alkanes of at least 4 members (excludes halogenated alkanes) is 2. The van der Waals surface area contributed by atoms with Crippen molar-refractivity contribution in [3.63, 3.8) is 0 Å². The lowest BCUT2D eigenvalue weighted by atomic mass is 9.78. The Labute approximate surface area is 176 Å². The fourth-order valence-corrected chi connectivity index (χ4v) is 4.70. The van der Waals surface area contributed by atoms with Crippen molar-refractivity contribution in [1.82, 2.24) is 10.2 Å². The molecule has 158 valence electrons. The van der Waals surface area contributed by atoms with Crippen molar-refractivity contribution in [2.45, 2.75) is 90.9 Å². The Morgan fingerprint density at radius 3 is 2.21 bits per heavy atom. The van der Waals surface area contributed by atoms with Crippen LogP contribution in [-0.4, -0.2) is 10.2 Å². The zero-order valence-corrected chi connectivity index (χ0v) is 18.3. The highest BCUT2D eigenvalue weighted by Gasteiger charge is 2.20. The van der Waals surface area contributed by atoms with Gasteiger partial charge in [0, 0.05) is 5.56 Å². The van der Waals surface area contributed by atoms with Crippen LogP contribution in [0.3, 0.4) is 0 Å². The maximum absolute atomic E-state index is 14.7. The second-order valence-corrected chi connectivity index (χ2v) is 8.90. The molecule has 1 aliphatic carbocycles. The van der Waals surface area contributed by atoms with Crippen LogP contribution in [0.4, 0.5) is 4.39 Å². The lowest BCUT2D eigenvalue weighted by molar-refractivity contribution is 0.252. The summed E-state index contributed by atoms with van der Waals surface area (Å²) in [5.41, 5.74) is 3.28. The van der Waals surface area contributed by atoms with Gasteiger partial charge in [0.05, 0.1) is 11.4 Å². The Bertz CT molecular complexity index is 733. The third-order valence-corrected chi connectivity index (χ3v) is 6.57. The average Bonchev–Trinajstić information content (AvgIpc) is 2.74. The highest BCUT2D eigenvalue weighted by Crippen LogP contribution is 2.34. The third kappa shape index (κ3) is 6.62. The summed E-state index contributed by atoms with van der Waals surface area (Å²) in [5, 5.41) is 8.56. The van der Waals surface area contributed by atoms with Gasteiger partial charge in [-0.3, -0.25) is 0 Å². The molecule has 29 heavy (non-hydrogen) atoms. The Morgan fingerprint density at radius 2 is 1.59 bits per heavy atom. The van der Waals surface area contributed by atoms with Crippen molar-refractivity contribution >= 4 is 0 Å². The summed E-state index contributed by atoms with van der Waals surface area (Å²) in [5.74, 6) is 1.59. The molecule has 1 aromatic heterocycles. The molecule has 1 saturated carbocycles. The van der Waals surface area contributed by atoms with Gasteiger partial charge < -0.3 is 0 Å². The van der Waals surface area contributed by atoms with Gasteiger partial charge in [0.15, 0.2) is 0 Å². The minimum atomic E-state index is -0.179. The maximum Gasteiger partial charge on any atom is 0.132 e. The Hall–Kier alpha value is -1.77. The number of halogens is 1. The van der Waals surface area contributed by atoms with E-state index >= 15 is 0 Å². The molecule has 0 N–H and O–H groups in total. The largest absolute Gasteiger partial charge is 0.206 e. The quantitative estimate of drug-likeness (QED) is 0.387. The molecule has 0 atom stereocenters. The number of rotatable bonds is 10. The molecule has 0 aliphatic heterocycles. The van der Waals surface area contributed by atoms with Crippen LogP contribution >= 0.6 is 0 Å². The molecule has 1 heterocycles. The fourth-order valence-electron chi connectivity index (χ4n) is 4.70. The highest BCUT2D eigenvalue weighted by molar-refractivity contribution is 5.59. The second-order valence-electron chi connectivity index (χ2n) is 8.90. The van der Waals surface area contributed by atoms with E-state index < -0.39 is 0 Å². The smallest absolute Gasteiger partial charge is 0.132 e. The topological polar surface area (TPSA) is 25.8 Å². The molecule has 0 spiro atoms. The van der Waals surface area contributed by atoms with Gasteiger partial charge in [-0.25, -0.2) is 4.39 Å². The van der Waals surface area contributed by atoms with E-state index in [9.17, 15) is 4.39 Å². The van der Waals surface area contributed by atoms with Crippen molar-refractivity contribution in [3.8, 4) is 11.3 Å². The Morgan fingerprint density at radius 1 is 0.828 bits per heavy atom. The molecule has 1 aliphatic rings. The molecule has 0 unspecified atom stereocenters. The minimum absolute atomic E-state index is 0.179. The molecule has 1 aromatic carbocycles. The van der Waals surface area contributed by atoms with Gasteiger partial charge in [-0.1, -0.05) is 71.3 Å². The standard InChI is InChI=1S/C26H37FN2/c1-3-5-6-8-23-16-18-26(29-28-23)24-17-15-22(19-25(24)27)14-13-21-11-9-20(7-4-2)10-12-21/h15-21H,3-14H2,1-2H3/t20-,21-. The van der Waals surface area contributed by atoms with Crippen molar-refractivity contribution in [2.24, 2.45) is 11.8 Å². The van der Waals surface area contributed by atoms with E-state index in [2.05, 4.69) is 30.1 Å². The molecule has 0 amide bonds. The van der Waals surface area contributed by atoms with Crippen molar-refractivity contribution in [2.75, 3.05) is 0 Å². The molecule has 3 rings (SSSR count). The summed E-state index contributed by atoms with van der Waals surface area (Å²) in [7, 11) is 0. The van der Waals surface area contributed by atoms with E-state index in [0.29, 0.717) is 11.3 Å². The first-order chi connectivity index (χ1) is 14.2. The molecule has 3 heteroatoms. The molecule has 2 nitrogen and oxygen atoms in total. The molecule has 2 aromatic rings. The van der Waals surface area contributed by atoms with Crippen LogP contribution in [0.15, 0.2) is 30.3 Å². The first-order valence-electron chi connectivity index (χ1n) is 11.8. The van der Waals surface area contributed by atoms with Crippen molar-refractivity contribution < 1.29 is 4.39 Å². The molecule has 0 bridgehead atoms. The van der Waals surface area contributed by atoms with Crippen molar-refractivity contribution in [1.29, 1.82) is 0 Å². The van der Waals surface area contributed by atoms with Crippen LogP contribution in [0.5, 0.6) is 0 Å². The van der Waals surface area contributed by atoms with Gasteiger partial charge in [-0.15, -0.1) is 0 Å². The lowest BCUT2D eigenvalue weighted by Crippen LogP contribution is -2.15. The fraction of sp³-hybridized carbons (Fsp3) is 0.615. The van der Waals surface area contributed by atoms with Gasteiger partial charge in [-0.05, 0) is 67.3 Å². The Balaban J connectivity index is 1.52. The zero-order valence-electron chi connectivity index (χ0n) is 18.3. The third-order valence-electron chi connectivity index (χ3n) is 6.57. The summed E-state index contributed by atoms with van der Waals surface area (Å²) in [6.45, 7) is 4.48. The normalized spacial score (nSPS) is 19.4. The zero-order chi connectivity index (χ0) is 20.5. The predicted octanol–water partition coefficient (Wildman–Crippen LogP) is 7.55. The molecular formula is C26H37FN2. The molecule has 1 fully saturated rings.